The lowest BCUT2D eigenvalue weighted by Crippen LogP contribution is -2.38. The molecule has 0 aliphatic rings. The number of thiophene rings is 1. The Morgan fingerprint density at radius 3 is 2.43 bits per heavy atom. The van der Waals surface area contributed by atoms with Crippen LogP contribution >= 0.6 is 34.5 Å². The van der Waals surface area contributed by atoms with Gasteiger partial charge in [-0.15, -0.1) is 11.3 Å². The number of fused-ring (bicyclic) bond motifs is 1. The Morgan fingerprint density at radius 1 is 1.29 bits per heavy atom. The van der Waals surface area contributed by atoms with Crippen LogP contribution in [0.1, 0.15) is 40.9 Å². The molecule has 0 radical (unpaired) electrons. The van der Waals surface area contributed by atoms with Gasteiger partial charge in [0, 0.05) is 18.0 Å². The van der Waals surface area contributed by atoms with Crippen LogP contribution in [0.3, 0.4) is 0 Å². The molecule has 0 saturated heterocycles. The van der Waals surface area contributed by atoms with Crippen molar-refractivity contribution >= 4 is 50.7 Å². The molecule has 0 aromatic carbocycles. The van der Waals surface area contributed by atoms with E-state index in [4.69, 9.17) is 27.9 Å². The molecular weight excluding hydrogens is 427 g/mol. The van der Waals surface area contributed by atoms with Gasteiger partial charge in [0.2, 0.25) is 0 Å². The zero-order valence-electron chi connectivity index (χ0n) is 15.9. The third-order valence-electron chi connectivity index (χ3n) is 4.46. The summed E-state index contributed by atoms with van der Waals surface area (Å²) in [6.45, 7) is 5.55. The van der Waals surface area contributed by atoms with E-state index in [2.05, 4.69) is 4.98 Å². The highest BCUT2D eigenvalue weighted by molar-refractivity contribution is 7.19. The molecule has 0 amide bonds. The molecule has 3 rings (SSSR count). The second kappa shape index (κ2) is 7.38. The third-order valence-corrected chi connectivity index (χ3v) is 6.38. The van der Waals surface area contributed by atoms with Crippen molar-refractivity contribution in [3.05, 3.63) is 47.4 Å². The number of nitrogens with zero attached hydrogens (tertiary/aromatic N) is 4. The number of halogens is 2. The first-order chi connectivity index (χ1) is 13.1. The van der Waals surface area contributed by atoms with Crippen molar-refractivity contribution in [1.82, 2.24) is 18.7 Å². The Morgan fingerprint density at radius 2 is 1.93 bits per heavy atom. The first kappa shape index (κ1) is 20.6. The van der Waals surface area contributed by atoms with Crippen LogP contribution in [-0.4, -0.2) is 31.8 Å². The number of carbonyl (C=O) groups excluding carboxylic acids is 1. The number of carbonyl (C=O) groups is 1. The molecule has 0 aliphatic heterocycles. The number of hydrogen-bond donors (Lipinski definition) is 0. The average Bonchev–Trinajstić information content (AvgIpc) is 3.11. The quantitative estimate of drug-likeness (QED) is 0.577. The zero-order chi connectivity index (χ0) is 20.9. The molecular formula is C17H18Cl2N4O4S. The predicted octanol–water partition coefficient (Wildman–Crippen LogP) is 2.99. The Balaban J connectivity index is 2.42. The fourth-order valence-corrected chi connectivity index (χ4v) is 4.89. The van der Waals surface area contributed by atoms with E-state index in [0.717, 1.165) is 4.57 Å². The summed E-state index contributed by atoms with van der Waals surface area (Å²) < 4.78 is 9.04. The van der Waals surface area contributed by atoms with Gasteiger partial charge in [-0.1, -0.05) is 23.2 Å². The Bertz CT molecular complexity index is 1220. The first-order valence-electron chi connectivity index (χ1n) is 8.33. The second-order valence-corrected chi connectivity index (χ2v) is 8.31. The molecule has 0 bridgehead atoms. The number of imidazole rings is 1. The van der Waals surface area contributed by atoms with Crippen LogP contribution < -0.4 is 11.2 Å². The summed E-state index contributed by atoms with van der Waals surface area (Å²) in [6.07, 6.45) is 0. The molecule has 28 heavy (non-hydrogen) atoms. The number of methoxy groups -OCH3 is 1. The molecule has 8 nitrogen and oxygen atoms in total. The van der Waals surface area contributed by atoms with E-state index in [9.17, 15) is 14.4 Å². The fraction of sp³-hybridized carbons (Fsp3) is 0.412. The summed E-state index contributed by atoms with van der Waals surface area (Å²) in [5.74, 6) is -0.107. The van der Waals surface area contributed by atoms with Crippen LogP contribution in [0.4, 0.5) is 0 Å². The van der Waals surface area contributed by atoms with Crippen molar-refractivity contribution < 1.29 is 9.53 Å². The minimum atomic E-state index is -0.660. The van der Waals surface area contributed by atoms with Crippen molar-refractivity contribution in [3.63, 3.8) is 0 Å². The van der Waals surface area contributed by atoms with E-state index in [1.54, 1.807) is 11.5 Å². The molecule has 0 unspecified atom stereocenters. The number of esters is 1. The van der Waals surface area contributed by atoms with E-state index in [1.807, 2.05) is 13.8 Å². The highest BCUT2D eigenvalue weighted by atomic mass is 35.5. The molecule has 0 saturated carbocycles. The molecule has 0 atom stereocenters. The zero-order valence-corrected chi connectivity index (χ0v) is 18.2. The van der Waals surface area contributed by atoms with Gasteiger partial charge in [0.25, 0.3) is 5.56 Å². The normalized spacial score (nSPS) is 11.6. The number of aryl methyl sites for hydroxylation is 1. The predicted molar refractivity (Wildman–Crippen MR) is 109 cm³/mol. The summed E-state index contributed by atoms with van der Waals surface area (Å²) >= 11 is 13.4. The van der Waals surface area contributed by atoms with Crippen LogP contribution in [-0.2, 0) is 18.3 Å². The maximum atomic E-state index is 12.9. The van der Waals surface area contributed by atoms with E-state index >= 15 is 0 Å². The lowest BCUT2D eigenvalue weighted by Gasteiger charge is -2.12. The fourth-order valence-electron chi connectivity index (χ4n) is 3.05. The third kappa shape index (κ3) is 3.07. The van der Waals surface area contributed by atoms with Crippen LogP contribution in [0.5, 0.6) is 0 Å². The summed E-state index contributed by atoms with van der Waals surface area (Å²) in [7, 11) is 2.63. The SMILES string of the molecule is COC(=O)c1c(Cn2c(C)nc(Cl)c2Cl)sc2c1c(=O)n(C)c(=O)n2C(C)C. The van der Waals surface area contributed by atoms with Gasteiger partial charge in [-0.05, 0) is 20.8 Å². The van der Waals surface area contributed by atoms with Crippen molar-refractivity contribution in [2.24, 2.45) is 7.05 Å². The molecule has 0 aliphatic carbocycles. The minimum absolute atomic E-state index is 0.123. The van der Waals surface area contributed by atoms with Gasteiger partial charge < -0.3 is 9.30 Å². The summed E-state index contributed by atoms with van der Waals surface area (Å²) in [5.41, 5.74) is -0.874. The first-order valence-corrected chi connectivity index (χ1v) is 9.90. The Labute approximate surface area is 173 Å². The van der Waals surface area contributed by atoms with E-state index in [1.165, 1.54) is 30.1 Å². The highest BCUT2D eigenvalue weighted by Gasteiger charge is 2.27. The molecule has 150 valence electrons. The largest absolute Gasteiger partial charge is 0.465 e. The van der Waals surface area contributed by atoms with E-state index < -0.39 is 17.2 Å². The lowest BCUT2D eigenvalue weighted by molar-refractivity contribution is 0.0602. The minimum Gasteiger partial charge on any atom is -0.465 e. The molecule has 0 fully saturated rings. The average molecular weight is 445 g/mol. The Kier molecular flexibility index (Phi) is 5.44. The van der Waals surface area contributed by atoms with E-state index in [0.29, 0.717) is 15.5 Å². The van der Waals surface area contributed by atoms with Crippen LogP contribution in [0.25, 0.3) is 10.2 Å². The van der Waals surface area contributed by atoms with Crippen LogP contribution in [0, 0.1) is 6.92 Å². The van der Waals surface area contributed by atoms with Gasteiger partial charge in [-0.25, -0.2) is 14.6 Å². The van der Waals surface area contributed by atoms with Crippen molar-refractivity contribution in [2.45, 2.75) is 33.4 Å². The van der Waals surface area contributed by atoms with Gasteiger partial charge >= 0.3 is 11.7 Å². The number of ether oxygens (including phenoxy) is 1. The van der Waals surface area contributed by atoms with Gasteiger partial charge in [0.05, 0.1) is 24.6 Å². The Hall–Kier alpha value is -2.10. The van der Waals surface area contributed by atoms with Crippen LogP contribution in [0.2, 0.25) is 10.3 Å². The number of aromatic nitrogens is 4. The van der Waals surface area contributed by atoms with Gasteiger partial charge in [-0.2, -0.15) is 0 Å². The van der Waals surface area contributed by atoms with Crippen molar-refractivity contribution in [3.8, 4) is 0 Å². The summed E-state index contributed by atoms with van der Waals surface area (Å²) in [5, 5.41) is 0.527. The smallest absolute Gasteiger partial charge is 0.339 e. The molecule has 11 heteroatoms. The topological polar surface area (TPSA) is 88.1 Å². The van der Waals surface area contributed by atoms with Gasteiger partial charge in [0.15, 0.2) is 5.15 Å². The van der Waals surface area contributed by atoms with Gasteiger partial charge in [0.1, 0.15) is 15.8 Å². The number of rotatable bonds is 4. The lowest BCUT2D eigenvalue weighted by atomic mass is 10.1. The standard InChI is InChI=1S/C17H18Cl2N4O4S/c1-7(2)23-15-11(14(24)21(4)17(23)26)10(16(25)27-5)9(28-15)6-22-8(3)20-12(18)13(22)19/h7H,6H2,1-5H3. The second-order valence-electron chi connectivity index (χ2n) is 6.51. The molecule has 0 N–H and O–H groups in total. The monoisotopic (exact) mass is 444 g/mol. The number of hydrogen-bond acceptors (Lipinski definition) is 6. The summed E-state index contributed by atoms with van der Waals surface area (Å²) in [4.78, 5) is 43.1. The maximum absolute atomic E-state index is 12.9. The molecule has 3 heterocycles. The van der Waals surface area contributed by atoms with E-state index in [-0.39, 0.29) is 33.8 Å². The molecule has 0 spiro atoms. The summed E-state index contributed by atoms with van der Waals surface area (Å²) in [6, 6.07) is -0.216. The molecule has 3 aromatic rings. The highest BCUT2D eigenvalue weighted by Crippen LogP contribution is 2.33. The van der Waals surface area contributed by atoms with Gasteiger partial charge in [-0.3, -0.25) is 13.9 Å². The van der Waals surface area contributed by atoms with Crippen molar-refractivity contribution in [2.75, 3.05) is 7.11 Å². The molecule has 3 aromatic heterocycles. The van der Waals surface area contributed by atoms with Crippen LogP contribution in [0.15, 0.2) is 9.59 Å². The van der Waals surface area contributed by atoms with Crippen molar-refractivity contribution in [1.29, 1.82) is 0 Å². The maximum Gasteiger partial charge on any atom is 0.339 e.